The number of sulfone groups is 1. The lowest BCUT2D eigenvalue weighted by Crippen LogP contribution is -2.41. The summed E-state index contributed by atoms with van der Waals surface area (Å²) in [5.74, 6) is -1.86. The Morgan fingerprint density at radius 3 is 2.33 bits per heavy atom. The third-order valence-electron chi connectivity index (χ3n) is 8.32. The third kappa shape index (κ3) is 7.24. The number of nitrogens with one attached hydrogen (secondary N) is 1. The Balaban J connectivity index is 1.77. The van der Waals surface area contributed by atoms with E-state index in [2.05, 4.69) is 46.4 Å². The molecule has 0 spiro atoms. The summed E-state index contributed by atoms with van der Waals surface area (Å²) in [6, 6.07) is 10.9. The Morgan fingerprint density at radius 2 is 1.71 bits per heavy atom. The molecule has 4 aromatic rings. The first-order valence-electron chi connectivity index (χ1n) is 14.7. The number of rotatable bonds is 11. The van der Waals surface area contributed by atoms with Gasteiger partial charge < -0.3 is 5.32 Å². The smallest absolute Gasteiger partial charge is 0.216 e. The molecule has 0 aliphatic rings. The maximum atomic E-state index is 14.7. The number of hydrogen-bond donors (Lipinski definition) is 1. The highest BCUT2D eigenvalue weighted by molar-refractivity contribution is 7.90. The van der Waals surface area contributed by atoms with Crippen molar-refractivity contribution in [1.82, 2.24) is 35.3 Å². The Bertz CT molecular complexity index is 1780. The molecular formula is C32H39F2N7O3S. The molecule has 1 N–H and O–H groups in total. The number of nitrogens with zero attached hydrogens (tertiary/aromatic N) is 6. The van der Waals surface area contributed by atoms with Crippen LogP contribution in [-0.2, 0) is 25.8 Å². The molecule has 3 heterocycles. The number of amides is 1. The van der Waals surface area contributed by atoms with E-state index < -0.39 is 32.3 Å². The second kappa shape index (κ2) is 13.1. The zero-order valence-electron chi connectivity index (χ0n) is 26.6. The minimum atomic E-state index is -3.57. The van der Waals surface area contributed by atoms with Crippen LogP contribution in [0.4, 0.5) is 8.78 Å². The molecule has 1 aromatic carbocycles. The number of carbonyl (C=O) groups excluding carboxylic acids is 1. The predicted molar refractivity (Wildman–Crippen MR) is 167 cm³/mol. The van der Waals surface area contributed by atoms with Crippen molar-refractivity contribution in [3.8, 4) is 17.1 Å². The normalized spacial score (nSPS) is 14.2. The number of pyridine rings is 1. The van der Waals surface area contributed by atoms with Crippen molar-refractivity contribution in [2.24, 2.45) is 5.41 Å². The monoisotopic (exact) mass is 639 g/mol. The Labute approximate surface area is 262 Å². The van der Waals surface area contributed by atoms with E-state index in [4.69, 9.17) is 4.98 Å². The average Bonchev–Trinajstić information content (AvgIpc) is 3.43. The fraction of sp³-hybridized carbons (Fsp3) is 0.438. The molecule has 0 aliphatic carbocycles. The molecule has 10 nitrogen and oxygen atoms in total. The van der Waals surface area contributed by atoms with Gasteiger partial charge in [-0.3, -0.25) is 4.79 Å². The van der Waals surface area contributed by atoms with Gasteiger partial charge in [0.2, 0.25) is 5.91 Å². The molecule has 0 radical (unpaired) electrons. The van der Waals surface area contributed by atoms with Crippen LogP contribution in [0.1, 0.15) is 83.6 Å². The van der Waals surface area contributed by atoms with Gasteiger partial charge in [-0.05, 0) is 60.6 Å². The Kier molecular flexibility index (Phi) is 9.81. The van der Waals surface area contributed by atoms with Crippen molar-refractivity contribution >= 4 is 15.7 Å². The van der Waals surface area contributed by atoms with Crippen molar-refractivity contribution in [2.45, 2.75) is 72.0 Å². The molecule has 3 aromatic heterocycles. The molecule has 1 amide bonds. The Hall–Kier alpha value is -4.13. The van der Waals surface area contributed by atoms with Crippen LogP contribution in [0.5, 0.6) is 0 Å². The van der Waals surface area contributed by atoms with Gasteiger partial charge in [-0.25, -0.2) is 31.8 Å². The summed E-state index contributed by atoms with van der Waals surface area (Å²) < 4.78 is 56.0. The second-order valence-corrected chi connectivity index (χ2v) is 14.6. The second-order valence-electron chi connectivity index (χ2n) is 12.4. The van der Waals surface area contributed by atoms with Crippen LogP contribution in [0.2, 0.25) is 0 Å². The van der Waals surface area contributed by atoms with E-state index in [-0.39, 0.29) is 47.0 Å². The fourth-order valence-corrected chi connectivity index (χ4v) is 6.15. The summed E-state index contributed by atoms with van der Waals surface area (Å²) >= 11 is 0. The quantitative estimate of drug-likeness (QED) is 0.233. The van der Waals surface area contributed by atoms with Crippen LogP contribution >= 0.6 is 0 Å². The van der Waals surface area contributed by atoms with E-state index in [1.165, 1.54) is 36.1 Å². The fourth-order valence-electron chi connectivity index (χ4n) is 5.07. The van der Waals surface area contributed by atoms with Crippen molar-refractivity contribution in [3.63, 3.8) is 0 Å². The van der Waals surface area contributed by atoms with E-state index in [0.29, 0.717) is 17.2 Å². The van der Waals surface area contributed by atoms with Crippen LogP contribution in [0.3, 0.4) is 0 Å². The van der Waals surface area contributed by atoms with Crippen LogP contribution in [-0.4, -0.2) is 56.6 Å². The molecule has 240 valence electrons. The molecule has 45 heavy (non-hydrogen) atoms. The molecule has 0 saturated heterocycles. The lowest BCUT2D eigenvalue weighted by Gasteiger charge is -2.42. The average molecular weight is 640 g/mol. The van der Waals surface area contributed by atoms with Gasteiger partial charge >= 0.3 is 0 Å². The van der Waals surface area contributed by atoms with Crippen LogP contribution < -0.4 is 5.32 Å². The number of benzene rings is 1. The van der Waals surface area contributed by atoms with E-state index >= 15 is 0 Å². The van der Waals surface area contributed by atoms with Gasteiger partial charge in [-0.1, -0.05) is 46.8 Å². The first-order chi connectivity index (χ1) is 21.1. The molecule has 0 aliphatic heterocycles. The molecule has 13 heteroatoms. The summed E-state index contributed by atoms with van der Waals surface area (Å²) in [4.78, 5) is 20.2. The molecule has 0 saturated carbocycles. The maximum absolute atomic E-state index is 14.7. The number of hydrogen-bond acceptors (Lipinski definition) is 8. The van der Waals surface area contributed by atoms with Gasteiger partial charge in [0.15, 0.2) is 21.5 Å². The molecule has 0 bridgehead atoms. The van der Waals surface area contributed by atoms with Crippen LogP contribution in [0.25, 0.3) is 17.1 Å². The molecular weight excluding hydrogens is 600 g/mol. The minimum absolute atomic E-state index is 0.00506. The van der Waals surface area contributed by atoms with Gasteiger partial charge in [-0.15, -0.1) is 10.2 Å². The Morgan fingerprint density at radius 1 is 1.04 bits per heavy atom. The van der Waals surface area contributed by atoms with E-state index in [1.807, 2.05) is 32.9 Å². The third-order valence-corrected chi connectivity index (χ3v) is 9.84. The lowest BCUT2D eigenvalue weighted by atomic mass is 9.62. The molecule has 0 unspecified atom stereocenters. The highest BCUT2D eigenvalue weighted by atomic mass is 32.2. The molecule has 4 rings (SSSR count). The predicted octanol–water partition coefficient (Wildman–Crippen LogP) is 5.31. The van der Waals surface area contributed by atoms with Crippen molar-refractivity contribution in [2.75, 3.05) is 12.3 Å². The van der Waals surface area contributed by atoms with Crippen LogP contribution in [0, 0.1) is 17.0 Å². The van der Waals surface area contributed by atoms with Gasteiger partial charge in [0.25, 0.3) is 0 Å². The van der Waals surface area contributed by atoms with E-state index in [0.717, 1.165) is 12.0 Å². The highest BCUT2D eigenvalue weighted by Crippen LogP contribution is 2.48. The molecule has 0 fully saturated rings. The first kappa shape index (κ1) is 33.8. The zero-order chi connectivity index (χ0) is 33.2. The maximum Gasteiger partial charge on any atom is 0.216 e. The highest BCUT2D eigenvalue weighted by Gasteiger charge is 2.45. The minimum Gasteiger partial charge on any atom is -0.355 e. The molecule has 2 atom stereocenters. The first-order valence-corrected chi connectivity index (χ1v) is 16.5. The summed E-state index contributed by atoms with van der Waals surface area (Å²) in [5.41, 5.74) is 0.688. The van der Waals surface area contributed by atoms with Crippen molar-refractivity contribution in [3.05, 3.63) is 83.2 Å². The summed E-state index contributed by atoms with van der Waals surface area (Å²) in [7, 11) is -3.57. The number of aromatic nitrogens is 6. The summed E-state index contributed by atoms with van der Waals surface area (Å²) in [6.07, 6.45) is 2.16. The van der Waals surface area contributed by atoms with Gasteiger partial charge in [-0.2, -0.15) is 5.10 Å². The topological polar surface area (TPSA) is 133 Å². The SMILES string of the molecule is CC[C@H](C)c1cc(-c2c(F)cccc2F)nnc1[C@](C)(c1cccc(-n2cnc(CS(=O)(=O)CCNC(C)=O)n2)n1)C(C)(C)C. The largest absolute Gasteiger partial charge is 0.355 e. The van der Waals surface area contributed by atoms with E-state index in [9.17, 15) is 22.0 Å². The number of carbonyl (C=O) groups is 1. The summed E-state index contributed by atoms with van der Waals surface area (Å²) in [6.45, 7) is 13.6. The van der Waals surface area contributed by atoms with Crippen molar-refractivity contribution in [1.29, 1.82) is 0 Å². The van der Waals surface area contributed by atoms with E-state index in [1.54, 1.807) is 12.1 Å². The number of halogens is 2. The summed E-state index contributed by atoms with van der Waals surface area (Å²) in [5, 5.41) is 15.8. The standard InChI is InChI=1S/C32H39F2N7O3S/c1-8-20(2)22-17-25(29-23(33)11-9-12-24(29)34)38-39-30(22)32(7,31(4,5)6)26-13-10-14-28(37-26)41-19-36-27(40-41)18-45(43,44)16-15-35-21(3)42/h9-14,17,19-20H,8,15-16,18H2,1-7H3,(H,35,42)/t20-,32-/m0/s1. The van der Waals surface area contributed by atoms with Gasteiger partial charge in [0, 0.05) is 13.5 Å². The van der Waals surface area contributed by atoms with Gasteiger partial charge in [0.05, 0.1) is 33.8 Å². The lowest BCUT2D eigenvalue weighted by molar-refractivity contribution is -0.118. The van der Waals surface area contributed by atoms with Gasteiger partial charge in [0.1, 0.15) is 23.7 Å². The van der Waals surface area contributed by atoms with Crippen molar-refractivity contribution < 1.29 is 22.0 Å². The van der Waals surface area contributed by atoms with Crippen LogP contribution in [0.15, 0.2) is 48.8 Å². The zero-order valence-corrected chi connectivity index (χ0v) is 27.4.